The summed E-state index contributed by atoms with van der Waals surface area (Å²) in [6.07, 6.45) is 3.08. The lowest BCUT2D eigenvalue weighted by Crippen LogP contribution is -2.13. The van der Waals surface area contributed by atoms with E-state index in [-0.39, 0.29) is 12.5 Å². The van der Waals surface area contributed by atoms with Gasteiger partial charge in [-0.25, -0.2) is 19.6 Å². The number of rotatable bonds is 5. The van der Waals surface area contributed by atoms with Crippen molar-refractivity contribution in [2.75, 3.05) is 12.4 Å². The second-order valence-corrected chi connectivity index (χ2v) is 6.33. The van der Waals surface area contributed by atoms with Crippen LogP contribution in [0.3, 0.4) is 0 Å². The van der Waals surface area contributed by atoms with Crippen LogP contribution in [-0.4, -0.2) is 37.8 Å². The van der Waals surface area contributed by atoms with Gasteiger partial charge in [-0.1, -0.05) is 0 Å². The first-order chi connectivity index (χ1) is 11.1. The van der Waals surface area contributed by atoms with Gasteiger partial charge in [-0.3, -0.25) is 4.79 Å². The minimum atomic E-state index is -0.378. The van der Waals surface area contributed by atoms with E-state index in [2.05, 4.69) is 30.1 Å². The lowest BCUT2D eigenvalue weighted by atomic mass is 10.3. The molecule has 3 aromatic rings. The van der Waals surface area contributed by atoms with Gasteiger partial charge in [0.05, 0.1) is 35.9 Å². The van der Waals surface area contributed by atoms with Crippen LogP contribution in [0.2, 0.25) is 0 Å². The highest BCUT2D eigenvalue weighted by atomic mass is 32.1. The van der Waals surface area contributed by atoms with Crippen molar-refractivity contribution in [3.63, 3.8) is 0 Å². The summed E-state index contributed by atoms with van der Waals surface area (Å²) in [5.74, 6) is 0.285. The number of esters is 1. The molecule has 0 aliphatic heterocycles. The maximum absolute atomic E-state index is 11.4. The van der Waals surface area contributed by atoms with Crippen LogP contribution in [0.5, 0.6) is 0 Å². The number of anilines is 1. The Morgan fingerprint density at radius 1 is 1.39 bits per heavy atom. The fourth-order valence-corrected chi connectivity index (χ4v) is 3.07. The van der Waals surface area contributed by atoms with Gasteiger partial charge in [0.1, 0.15) is 18.7 Å². The molecule has 0 saturated heterocycles. The summed E-state index contributed by atoms with van der Waals surface area (Å²) >= 11 is 1.67. The van der Waals surface area contributed by atoms with Crippen molar-refractivity contribution in [3.8, 4) is 0 Å². The molecule has 0 radical (unpaired) electrons. The summed E-state index contributed by atoms with van der Waals surface area (Å²) in [5.41, 5.74) is 1.58. The highest BCUT2D eigenvalue weighted by molar-refractivity contribution is 7.11. The van der Waals surface area contributed by atoms with Gasteiger partial charge in [-0.2, -0.15) is 5.10 Å². The average molecular weight is 332 g/mol. The highest BCUT2D eigenvalue weighted by Crippen LogP contribution is 2.21. The Balaban J connectivity index is 1.84. The molecular formula is C14H16N6O2S. The number of carbonyl (C=O) groups is 1. The van der Waals surface area contributed by atoms with Crippen LogP contribution >= 0.6 is 11.3 Å². The van der Waals surface area contributed by atoms with Gasteiger partial charge in [0.2, 0.25) is 0 Å². The summed E-state index contributed by atoms with van der Waals surface area (Å²) in [7, 11) is 1.34. The van der Waals surface area contributed by atoms with E-state index in [0.717, 1.165) is 16.1 Å². The third-order valence-electron chi connectivity index (χ3n) is 3.36. The number of nitrogens with one attached hydrogen (secondary N) is 1. The van der Waals surface area contributed by atoms with Gasteiger partial charge in [-0.15, -0.1) is 11.3 Å². The van der Waals surface area contributed by atoms with Crippen LogP contribution in [0.4, 0.5) is 5.82 Å². The van der Waals surface area contributed by atoms with E-state index < -0.39 is 0 Å². The van der Waals surface area contributed by atoms with E-state index in [4.69, 9.17) is 0 Å². The number of ether oxygens (including phenoxy) is 1. The summed E-state index contributed by atoms with van der Waals surface area (Å²) < 4.78 is 6.15. The molecule has 3 aromatic heterocycles. The van der Waals surface area contributed by atoms with Gasteiger partial charge in [0.25, 0.3) is 0 Å². The summed E-state index contributed by atoms with van der Waals surface area (Å²) in [6, 6.07) is 0. The molecule has 0 amide bonds. The van der Waals surface area contributed by atoms with E-state index in [9.17, 15) is 4.79 Å². The lowest BCUT2D eigenvalue weighted by Gasteiger charge is -2.06. The Kier molecular flexibility index (Phi) is 4.20. The normalized spacial score (nSPS) is 10.9. The molecule has 0 aliphatic carbocycles. The Morgan fingerprint density at radius 2 is 2.22 bits per heavy atom. The molecule has 8 nitrogen and oxygen atoms in total. The van der Waals surface area contributed by atoms with E-state index in [1.54, 1.807) is 17.5 Å². The molecule has 0 fully saturated rings. The van der Waals surface area contributed by atoms with E-state index in [1.165, 1.54) is 23.0 Å². The van der Waals surface area contributed by atoms with Crippen molar-refractivity contribution in [2.24, 2.45) is 0 Å². The van der Waals surface area contributed by atoms with Crippen LogP contribution in [0.15, 0.2) is 12.5 Å². The zero-order valence-corrected chi connectivity index (χ0v) is 13.8. The Labute approximate surface area is 136 Å². The minimum Gasteiger partial charge on any atom is -0.468 e. The van der Waals surface area contributed by atoms with Crippen LogP contribution in [0, 0.1) is 13.8 Å². The average Bonchev–Trinajstić information content (AvgIpc) is 3.08. The number of nitrogens with zero attached hydrogens (tertiary/aromatic N) is 5. The fourth-order valence-electron chi connectivity index (χ4n) is 2.24. The van der Waals surface area contributed by atoms with Gasteiger partial charge < -0.3 is 10.1 Å². The largest absolute Gasteiger partial charge is 0.468 e. The topological polar surface area (TPSA) is 94.8 Å². The molecular weight excluding hydrogens is 316 g/mol. The maximum Gasteiger partial charge on any atom is 0.327 e. The number of aryl methyl sites for hydroxylation is 2. The Hall–Kier alpha value is -2.55. The summed E-state index contributed by atoms with van der Waals surface area (Å²) in [4.78, 5) is 25.5. The molecule has 9 heteroatoms. The molecule has 1 N–H and O–H groups in total. The van der Waals surface area contributed by atoms with E-state index in [1.807, 2.05) is 13.8 Å². The van der Waals surface area contributed by atoms with Crippen molar-refractivity contribution in [1.29, 1.82) is 0 Å². The molecule has 0 aliphatic rings. The quantitative estimate of drug-likeness (QED) is 0.710. The number of aromatic nitrogens is 5. The fraction of sp³-hybridized carbons (Fsp3) is 0.357. The van der Waals surface area contributed by atoms with Gasteiger partial charge >= 0.3 is 5.97 Å². The van der Waals surface area contributed by atoms with Crippen molar-refractivity contribution in [3.05, 3.63) is 28.1 Å². The molecule has 23 heavy (non-hydrogen) atoms. The number of fused-ring (bicyclic) bond motifs is 1. The zero-order valence-electron chi connectivity index (χ0n) is 13.0. The van der Waals surface area contributed by atoms with Crippen LogP contribution in [-0.2, 0) is 22.6 Å². The first-order valence-corrected chi connectivity index (χ1v) is 7.80. The SMILES string of the molecule is COC(=O)Cn1ncc2c(NCc3nc(C)sc3C)ncnc21. The highest BCUT2D eigenvalue weighted by Gasteiger charge is 2.13. The molecule has 0 atom stereocenters. The third-order valence-corrected chi connectivity index (χ3v) is 4.29. The first-order valence-electron chi connectivity index (χ1n) is 6.98. The second-order valence-electron chi connectivity index (χ2n) is 4.93. The second kappa shape index (κ2) is 6.29. The van der Waals surface area contributed by atoms with Crippen molar-refractivity contribution in [2.45, 2.75) is 26.9 Å². The molecule has 0 saturated carbocycles. The number of hydrogen-bond donors (Lipinski definition) is 1. The minimum absolute atomic E-state index is 0.0147. The molecule has 0 aromatic carbocycles. The first kappa shape index (κ1) is 15.3. The van der Waals surface area contributed by atoms with Crippen molar-refractivity contribution >= 4 is 34.2 Å². The smallest absolute Gasteiger partial charge is 0.327 e. The standard InChI is InChI=1S/C14H16N6O2S/c1-8-11(19-9(2)23-8)5-15-13-10-4-18-20(6-12(21)22-3)14(10)17-7-16-13/h4,7H,5-6H2,1-3H3,(H,15,16,17). The molecule has 3 heterocycles. The molecule has 3 rings (SSSR count). The molecule has 0 unspecified atom stereocenters. The predicted octanol–water partition coefficient (Wildman–Crippen LogP) is 1.68. The van der Waals surface area contributed by atoms with Crippen LogP contribution < -0.4 is 5.32 Å². The monoisotopic (exact) mass is 332 g/mol. The molecule has 120 valence electrons. The zero-order chi connectivity index (χ0) is 16.4. The number of hydrogen-bond acceptors (Lipinski definition) is 8. The predicted molar refractivity (Wildman–Crippen MR) is 86.3 cm³/mol. The Morgan fingerprint density at radius 3 is 2.91 bits per heavy atom. The summed E-state index contributed by atoms with van der Waals surface area (Å²) in [5, 5.41) is 9.23. The summed E-state index contributed by atoms with van der Waals surface area (Å²) in [6.45, 7) is 4.62. The number of carbonyl (C=O) groups excluding carboxylic acids is 1. The van der Waals surface area contributed by atoms with Gasteiger partial charge in [0, 0.05) is 4.88 Å². The third kappa shape index (κ3) is 3.14. The van der Waals surface area contributed by atoms with E-state index >= 15 is 0 Å². The Bertz CT molecular complexity index is 856. The van der Waals surface area contributed by atoms with Gasteiger partial charge in [-0.05, 0) is 13.8 Å². The lowest BCUT2D eigenvalue weighted by molar-refractivity contribution is -0.141. The van der Waals surface area contributed by atoms with Crippen molar-refractivity contribution < 1.29 is 9.53 Å². The maximum atomic E-state index is 11.4. The number of thiazole rings is 1. The van der Waals surface area contributed by atoms with E-state index in [0.29, 0.717) is 18.0 Å². The van der Waals surface area contributed by atoms with Gasteiger partial charge in [0.15, 0.2) is 5.65 Å². The van der Waals surface area contributed by atoms with Crippen molar-refractivity contribution in [1.82, 2.24) is 24.7 Å². The number of methoxy groups -OCH3 is 1. The van der Waals surface area contributed by atoms with Crippen LogP contribution in [0.1, 0.15) is 15.6 Å². The molecule has 0 spiro atoms. The van der Waals surface area contributed by atoms with Crippen LogP contribution in [0.25, 0.3) is 11.0 Å². The molecule has 0 bridgehead atoms.